The van der Waals surface area contributed by atoms with Crippen molar-refractivity contribution in [3.8, 4) is 22.9 Å². The van der Waals surface area contributed by atoms with Crippen LogP contribution in [0.25, 0.3) is 11.4 Å². The molecule has 0 spiro atoms. The molecule has 3 heterocycles. The van der Waals surface area contributed by atoms with Gasteiger partial charge in [-0.2, -0.15) is 0 Å². The summed E-state index contributed by atoms with van der Waals surface area (Å²) in [5, 5.41) is 9.54. The standard InChI is InChI=1S/C27H27N3O4S/c1-27(2,3)20-9-6-18(7-10-20)25-28-29-26(30(25)16-21-5-4-12-32-21)35-17-22(31)19-8-11-23-24(15-19)34-14-13-33-23/h4-12,15H,13-14,16-17H2,1-3H3. The first kappa shape index (κ1) is 23.2. The Kier molecular flexibility index (Phi) is 6.38. The predicted octanol–water partition coefficient (Wildman–Crippen LogP) is 5.63. The lowest BCUT2D eigenvalue weighted by Crippen LogP contribution is -2.16. The van der Waals surface area contributed by atoms with Crippen molar-refractivity contribution in [1.82, 2.24) is 14.8 Å². The maximum Gasteiger partial charge on any atom is 0.192 e. The van der Waals surface area contributed by atoms with E-state index in [1.165, 1.54) is 17.3 Å². The number of ketones is 1. The third kappa shape index (κ3) is 5.12. The van der Waals surface area contributed by atoms with Crippen LogP contribution in [0.3, 0.4) is 0 Å². The number of ether oxygens (including phenoxy) is 2. The Morgan fingerprint density at radius 2 is 1.77 bits per heavy atom. The highest BCUT2D eigenvalue weighted by molar-refractivity contribution is 7.99. The van der Waals surface area contributed by atoms with Crippen LogP contribution in [-0.2, 0) is 12.0 Å². The SMILES string of the molecule is CC(C)(C)c1ccc(-c2nnc(SCC(=O)c3ccc4c(c3)OCCO4)n2Cc2ccco2)cc1. The van der Waals surface area contributed by atoms with E-state index < -0.39 is 0 Å². The van der Waals surface area contributed by atoms with Crippen molar-refractivity contribution < 1.29 is 18.7 Å². The summed E-state index contributed by atoms with van der Waals surface area (Å²) in [4.78, 5) is 12.9. The Balaban J connectivity index is 1.38. The third-order valence-electron chi connectivity index (χ3n) is 5.82. The Bertz CT molecular complexity index is 1320. The fourth-order valence-electron chi connectivity index (χ4n) is 3.86. The van der Waals surface area contributed by atoms with Crippen LogP contribution in [0.2, 0.25) is 0 Å². The second kappa shape index (κ2) is 9.62. The number of hydrogen-bond acceptors (Lipinski definition) is 7. The van der Waals surface area contributed by atoms with Crippen molar-refractivity contribution in [1.29, 1.82) is 0 Å². The van der Waals surface area contributed by atoms with Gasteiger partial charge < -0.3 is 13.9 Å². The lowest BCUT2D eigenvalue weighted by molar-refractivity contribution is 0.102. The van der Waals surface area contributed by atoms with Crippen LogP contribution in [0.1, 0.15) is 42.5 Å². The molecule has 2 aromatic carbocycles. The van der Waals surface area contributed by atoms with E-state index in [1.807, 2.05) is 16.7 Å². The molecule has 7 nitrogen and oxygen atoms in total. The van der Waals surface area contributed by atoms with Crippen LogP contribution in [0.5, 0.6) is 11.5 Å². The number of benzene rings is 2. The minimum absolute atomic E-state index is 0.0180. The van der Waals surface area contributed by atoms with Crippen molar-refractivity contribution in [2.45, 2.75) is 37.9 Å². The number of Topliss-reactive ketones (excluding diaryl/α,β-unsaturated/α-hetero) is 1. The molecule has 4 aromatic rings. The first-order chi connectivity index (χ1) is 16.9. The number of furan rings is 1. The molecule has 0 saturated heterocycles. The normalized spacial score (nSPS) is 13.1. The minimum atomic E-state index is -0.0180. The Hall–Kier alpha value is -3.52. The van der Waals surface area contributed by atoms with Gasteiger partial charge in [0.15, 0.2) is 28.3 Å². The summed E-state index contributed by atoms with van der Waals surface area (Å²) in [6.45, 7) is 8.03. The van der Waals surface area contributed by atoms with Gasteiger partial charge in [-0.3, -0.25) is 9.36 Å². The van der Waals surface area contributed by atoms with Gasteiger partial charge in [0.25, 0.3) is 0 Å². The highest BCUT2D eigenvalue weighted by Crippen LogP contribution is 2.32. The van der Waals surface area contributed by atoms with Crippen LogP contribution in [0.4, 0.5) is 0 Å². The lowest BCUT2D eigenvalue weighted by atomic mass is 9.87. The molecule has 0 radical (unpaired) electrons. The molecule has 8 heteroatoms. The Morgan fingerprint density at radius 3 is 2.49 bits per heavy atom. The van der Waals surface area contributed by atoms with E-state index >= 15 is 0 Å². The largest absolute Gasteiger partial charge is 0.486 e. The highest BCUT2D eigenvalue weighted by Gasteiger charge is 2.20. The first-order valence-corrected chi connectivity index (χ1v) is 12.5. The molecule has 0 amide bonds. The number of nitrogens with zero attached hydrogens (tertiary/aromatic N) is 3. The summed E-state index contributed by atoms with van der Waals surface area (Å²) < 4.78 is 18.7. The second-order valence-electron chi connectivity index (χ2n) is 9.37. The number of hydrogen-bond donors (Lipinski definition) is 0. The summed E-state index contributed by atoms with van der Waals surface area (Å²) in [5.41, 5.74) is 2.85. The molecule has 180 valence electrons. The van der Waals surface area contributed by atoms with Crippen LogP contribution in [0.15, 0.2) is 70.4 Å². The van der Waals surface area contributed by atoms with Crippen molar-refractivity contribution in [3.05, 3.63) is 77.7 Å². The molecule has 0 bridgehead atoms. The first-order valence-electron chi connectivity index (χ1n) is 11.5. The summed E-state index contributed by atoms with van der Waals surface area (Å²) in [6, 6.07) is 17.5. The van der Waals surface area contributed by atoms with Gasteiger partial charge in [0.05, 0.1) is 18.6 Å². The third-order valence-corrected chi connectivity index (χ3v) is 6.78. The monoisotopic (exact) mass is 489 g/mol. The van der Waals surface area contributed by atoms with E-state index in [0.717, 1.165) is 17.1 Å². The fourth-order valence-corrected chi connectivity index (χ4v) is 4.69. The maximum atomic E-state index is 12.9. The number of fused-ring (bicyclic) bond motifs is 1. The predicted molar refractivity (Wildman–Crippen MR) is 134 cm³/mol. The smallest absolute Gasteiger partial charge is 0.192 e. The van der Waals surface area contributed by atoms with Crippen molar-refractivity contribution in [2.24, 2.45) is 0 Å². The zero-order valence-corrected chi connectivity index (χ0v) is 20.8. The molecule has 5 rings (SSSR count). The summed E-state index contributed by atoms with van der Waals surface area (Å²) in [6.07, 6.45) is 1.65. The van der Waals surface area contributed by atoms with Gasteiger partial charge >= 0.3 is 0 Å². The lowest BCUT2D eigenvalue weighted by Gasteiger charge is -2.19. The molecule has 0 fully saturated rings. The number of aromatic nitrogens is 3. The topological polar surface area (TPSA) is 79.4 Å². The number of carbonyl (C=O) groups is 1. The van der Waals surface area contributed by atoms with Crippen LogP contribution in [-0.4, -0.2) is 39.5 Å². The molecule has 0 atom stereocenters. The molecule has 0 N–H and O–H groups in total. The van der Waals surface area contributed by atoms with Gasteiger partial charge in [-0.1, -0.05) is 56.8 Å². The molecular weight excluding hydrogens is 462 g/mol. The van der Waals surface area contributed by atoms with Crippen molar-refractivity contribution in [3.63, 3.8) is 0 Å². The average molecular weight is 490 g/mol. The average Bonchev–Trinajstić information content (AvgIpc) is 3.52. The molecule has 0 unspecified atom stereocenters. The van der Waals surface area contributed by atoms with Crippen LogP contribution < -0.4 is 9.47 Å². The van der Waals surface area contributed by atoms with Gasteiger partial charge in [0.1, 0.15) is 19.0 Å². The van der Waals surface area contributed by atoms with E-state index in [2.05, 4.69) is 55.2 Å². The molecule has 2 aromatic heterocycles. The van der Waals surface area contributed by atoms with Crippen molar-refractivity contribution >= 4 is 17.5 Å². The number of thioether (sulfide) groups is 1. The van der Waals surface area contributed by atoms with Gasteiger partial charge in [-0.25, -0.2) is 0 Å². The van der Waals surface area contributed by atoms with Gasteiger partial charge in [-0.15, -0.1) is 10.2 Å². The van der Waals surface area contributed by atoms with Gasteiger partial charge in [0.2, 0.25) is 0 Å². The maximum absolute atomic E-state index is 12.9. The quantitative estimate of drug-likeness (QED) is 0.246. The summed E-state index contributed by atoms with van der Waals surface area (Å²) in [7, 11) is 0. The molecule has 35 heavy (non-hydrogen) atoms. The van der Waals surface area contributed by atoms with E-state index in [0.29, 0.717) is 42.0 Å². The fraction of sp³-hybridized carbons (Fsp3) is 0.296. The van der Waals surface area contributed by atoms with Gasteiger partial charge in [-0.05, 0) is 41.3 Å². The molecule has 0 saturated carbocycles. The Labute approximate surface area is 208 Å². The van der Waals surface area contributed by atoms with E-state index in [4.69, 9.17) is 13.9 Å². The van der Waals surface area contributed by atoms with E-state index in [-0.39, 0.29) is 17.0 Å². The number of rotatable bonds is 7. The summed E-state index contributed by atoms with van der Waals surface area (Å²) >= 11 is 1.36. The number of carbonyl (C=O) groups excluding carboxylic acids is 1. The second-order valence-corrected chi connectivity index (χ2v) is 10.3. The highest BCUT2D eigenvalue weighted by atomic mass is 32.2. The van der Waals surface area contributed by atoms with Crippen LogP contribution in [0, 0.1) is 0 Å². The Morgan fingerprint density at radius 1 is 1.00 bits per heavy atom. The molecule has 1 aliphatic heterocycles. The van der Waals surface area contributed by atoms with Crippen LogP contribution >= 0.6 is 11.8 Å². The summed E-state index contributed by atoms with van der Waals surface area (Å²) in [5.74, 6) is 3.00. The van der Waals surface area contributed by atoms with Crippen molar-refractivity contribution in [2.75, 3.05) is 19.0 Å². The van der Waals surface area contributed by atoms with E-state index in [1.54, 1.807) is 24.5 Å². The minimum Gasteiger partial charge on any atom is -0.486 e. The van der Waals surface area contributed by atoms with Gasteiger partial charge in [0, 0.05) is 11.1 Å². The molecule has 0 aliphatic carbocycles. The van der Waals surface area contributed by atoms with E-state index in [9.17, 15) is 4.79 Å². The zero-order valence-electron chi connectivity index (χ0n) is 20.0. The zero-order chi connectivity index (χ0) is 24.4. The molecular formula is C27H27N3O4S. The molecule has 1 aliphatic rings.